The van der Waals surface area contributed by atoms with Crippen LogP contribution in [0, 0.1) is 5.82 Å². The number of carbonyl (C=O) groups excluding carboxylic acids is 1. The summed E-state index contributed by atoms with van der Waals surface area (Å²) in [5.41, 5.74) is 1.03. The molecule has 0 saturated carbocycles. The van der Waals surface area contributed by atoms with Gasteiger partial charge in [0.2, 0.25) is 5.91 Å². The van der Waals surface area contributed by atoms with Gasteiger partial charge in [-0.3, -0.25) is 4.79 Å². The molecule has 3 rings (SSSR count). The predicted molar refractivity (Wildman–Crippen MR) is 89.6 cm³/mol. The molecule has 1 heterocycles. The van der Waals surface area contributed by atoms with Crippen LogP contribution in [0.4, 0.5) is 10.1 Å². The highest BCUT2D eigenvalue weighted by atomic mass is 19.1. The van der Waals surface area contributed by atoms with Crippen molar-refractivity contribution >= 4 is 11.6 Å². The maximum atomic E-state index is 13.9. The Morgan fingerprint density at radius 3 is 2.76 bits per heavy atom. The molecule has 0 aliphatic carbocycles. The monoisotopic (exact) mass is 341 g/mol. The minimum atomic E-state index is -0.513. The van der Waals surface area contributed by atoms with Crippen molar-refractivity contribution in [2.45, 2.75) is 13.3 Å². The molecule has 6 nitrogen and oxygen atoms in total. The van der Waals surface area contributed by atoms with Crippen molar-refractivity contribution in [1.29, 1.82) is 0 Å². The lowest BCUT2D eigenvalue weighted by molar-refractivity contribution is -0.115. The Kier molecular flexibility index (Phi) is 5.03. The summed E-state index contributed by atoms with van der Waals surface area (Å²) in [5.74, 6) is -0.432. The minimum absolute atomic E-state index is 0.0499. The number of hydrogen-bond acceptors (Lipinski definition) is 5. The average Bonchev–Trinajstić information content (AvgIpc) is 3.06. The fraction of sp³-hybridized carbons (Fsp3) is 0.167. The van der Waals surface area contributed by atoms with Gasteiger partial charge in [0.25, 0.3) is 5.89 Å². The van der Waals surface area contributed by atoms with E-state index in [1.807, 2.05) is 18.2 Å². The van der Waals surface area contributed by atoms with Gasteiger partial charge in [-0.25, -0.2) is 4.39 Å². The van der Waals surface area contributed by atoms with Gasteiger partial charge < -0.3 is 14.6 Å². The molecule has 3 aromatic rings. The Labute approximate surface area is 143 Å². The standard InChI is InChI=1S/C18H16FN3O3/c1-2-24-17-13(9-6-10-14(17)19)18-21-15(22-25-18)11-16(23)20-12-7-4-3-5-8-12/h3-10H,2,11H2,1H3,(H,20,23). The maximum absolute atomic E-state index is 13.9. The lowest BCUT2D eigenvalue weighted by Gasteiger charge is -2.07. The first-order valence-corrected chi connectivity index (χ1v) is 7.76. The van der Waals surface area contributed by atoms with Gasteiger partial charge >= 0.3 is 0 Å². The van der Waals surface area contributed by atoms with Crippen molar-refractivity contribution in [2.24, 2.45) is 0 Å². The van der Waals surface area contributed by atoms with E-state index >= 15 is 0 Å². The van der Waals surface area contributed by atoms with Gasteiger partial charge in [0.1, 0.15) is 0 Å². The lowest BCUT2D eigenvalue weighted by Crippen LogP contribution is -2.15. The molecule has 0 aliphatic rings. The number of carbonyl (C=O) groups is 1. The van der Waals surface area contributed by atoms with Crippen LogP contribution < -0.4 is 10.1 Å². The van der Waals surface area contributed by atoms with Gasteiger partial charge in [-0.1, -0.05) is 29.4 Å². The van der Waals surface area contributed by atoms with Gasteiger partial charge in [-0.2, -0.15) is 4.98 Å². The van der Waals surface area contributed by atoms with Gasteiger partial charge in [0.05, 0.1) is 18.6 Å². The van der Waals surface area contributed by atoms with Gasteiger partial charge in [0, 0.05) is 5.69 Å². The largest absolute Gasteiger partial charge is 0.490 e. The van der Waals surface area contributed by atoms with Crippen LogP contribution in [0.5, 0.6) is 5.75 Å². The summed E-state index contributed by atoms with van der Waals surface area (Å²) in [6, 6.07) is 13.5. The van der Waals surface area contributed by atoms with Crippen LogP contribution in [0.25, 0.3) is 11.5 Å². The summed E-state index contributed by atoms with van der Waals surface area (Å²) >= 11 is 0. The summed E-state index contributed by atoms with van der Waals surface area (Å²) in [7, 11) is 0. The quantitative estimate of drug-likeness (QED) is 0.743. The summed E-state index contributed by atoms with van der Waals surface area (Å²) in [6.07, 6.45) is -0.0579. The molecule has 1 N–H and O–H groups in total. The number of benzene rings is 2. The molecular weight excluding hydrogens is 325 g/mol. The third-order valence-electron chi connectivity index (χ3n) is 3.33. The molecule has 0 saturated heterocycles. The van der Waals surface area contributed by atoms with E-state index in [1.54, 1.807) is 25.1 Å². The number of para-hydroxylation sites is 2. The van der Waals surface area contributed by atoms with E-state index in [1.165, 1.54) is 12.1 Å². The van der Waals surface area contributed by atoms with E-state index in [4.69, 9.17) is 9.26 Å². The van der Waals surface area contributed by atoms with Crippen LogP contribution in [0.3, 0.4) is 0 Å². The van der Waals surface area contributed by atoms with E-state index in [0.29, 0.717) is 17.9 Å². The third kappa shape index (κ3) is 4.00. The lowest BCUT2D eigenvalue weighted by atomic mass is 10.2. The molecule has 0 unspecified atom stereocenters. The molecule has 7 heteroatoms. The molecule has 128 valence electrons. The first-order valence-electron chi connectivity index (χ1n) is 7.76. The number of anilines is 1. The zero-order chi connectivity index (χ0) is 17.6. The second kappa shape index (κ2) is 7.57. The van der Waals surface area contributed by atoms with E-state index in [2.05, 4.69) is 15.5 Å². The molecule has 0 radical (unpaired) electrons. The van der Waals surface area contributed by atoms with Crippen LogP contribution >= 0.6 is 0 Å². The zero-order valence-corrected chi connectivity index (χ0v) is 13.5. The predicted octanol–water partition coefficient (Wildman–Crippen LogP) is 3.46. The van der Waals surface area contributed by atoms with Crippen molar-refractivity contribution in [1.82, 2.24) is 10.1 Å². The number of ether oxygens (including phenoxy) is 1. The first kappa shape index (κ1) is 16.6. The van der Waals surface area contributed by atoms with Crippen molar-refractivity contribution < 1.29 is 18.4 Å². The van der Waals surface area contributed by atoms with E-state index in [9.17, 15) is 9.18 Å². The number of nitrogens with zero attached hydrogens (tertiary/aromatic N) is 2. The fourth-order valence-electron chi connectivity index (χ4n) is 2.27. The molecule has 0 aliphatic heterocycles. The highest BCUT2D eigenvalue weighted by molar-refractivity contribution is 5.91. The number of aromatic nitrogens is 2. The topological polar surface area (TPSA) is 77.2 Å². The molecule has 0 fully saturated rings. The Hall–Kier alpha value is -3.22. The van der Waals surface area contributed by atoms with Crippen LogP contribution in [0.2, 0.25) is 0 Å². The van der Waals surface area contributed by atoms with Gasteiger partial charge in [-0.15, -0.1) is 0 Å². The molecule has 1 amide bonds. The molecule has 0 spiro atoms. The molecule has 0 atom stereocenters. The highest BCUT2D eigenvalue weighted by Crippen LogP contribution is 2.31. The molecule has 25 heavy (non-hydrogen) atoms. The van der Waals surface area contributed by atoms with Crippen LogP contribution in [-0.2, 0) is 11.2 Å². The molecule has 2 aromatic carbocycles. The normalized spacial score (nSPS) is 10.5. The smallest absolute Gasteiger partial charge is 0.261 e. The van der Waals surface area contributed by atoms with Crippen molar-refractivity contribution in [2.75, 3.05) is 11.9 Å². The van der Waals surface area contributed by atoms with Crippen LogP contribution in [0.1, 0.15) is 12.7 Å². The van der Waals surface area contributed by atoms with E-state index < -0.39 is 5.82 Å². The fourth-order valence-corrected chi connectivity index (χ4v) is 2.27. The van der Waals surface area contributed by atoms with E-state index in [-0.39, 0.29) is 29.8 Å². The summed E-state index contributed by atoms with van der Waals surface area (Å²) < 4.78 is 24.4. The Morgan fingerprint density at radius 1 is 1.20 bits per heavy atom. The van der Waals surface area contributed by atoms with Crippen LogP contribution in [-0.4, -0.2) is 22.7 Å². The number of hydrogen-bond donors (Lipinski definition) is 1. The Morgan fingerprint density at radius 2 is 2.00 bits per heavy atom. The van der Waals surface area contributed by atoms with Gasteiger partial charge in [0.15, 0.2) is 17.4 Å². The minimum Gasteiger partial charge on any atom is -0.490 e. The summed E-state index contributed by atoms with van der Waals surface area (Å²) in [4.78, 5) is 16.2. The van der Waals surface area contributed by atoms with Crippen molar-refractivity contribution in [3.63, 3.8) is 0 Å². The summed E-state index contributed by atoms with van der Waals surface area (Å²) in [5, 5.41) is 6.52. The maximum Gasteiger partial charge on any atom is 0.261 e. The molecule has 1 aromatic heterocycles. The first-order chi connectivity index (χ1) is 12.2. The highest BCUT2D eigenvalue weighted by Gasteiger charge is 2.18. The number of nitrogens with one attached hydrogen (secondary N) is 1. The third-order valence-corrected chi connectivity index (χ3v) is 3.33. The number of amides is 1. The molecular formula is C18H16FN3O3. The van der Waals surface area contributed by atoms with Crippen LogP contribution in [0.15, 0.2) is 53.1 Å². The average molecular weight is 341 g/mol. The van der Waals surface area contributed by atoms with Crippen molar-refractivity contribution in [3.8, 4) is 17.2 Å². The second-order valence-electron chi connectivity index (χ2n) is 5.16. The SMILES string of the molecule is CCOc1c(F)cccc1-c1nc(CC(=O)Nc2ccccc2)no1. The number of halogens is 1. The summed E-state index contributed by atoms with van der Waals surface area (Å²) in [6.45, 7) is 2.05. The second-order valence-corrected chi connectivity index (χ2v) is 5.16. The zero-order valence-electron chi connectivity index (χ0n) is 13.5. The Balaban J connectivity index is 1.75. The van der Waals surface area contributed by atoms with Gasteiger partial charge in [-0.05, 0) is 31.2 Å². The van der Waals surface area contributed by atoms with Crippen molar-refractivity contribution in [3.05, 3.63) is 60.2 Å². The number of rotatable bonds is 6. The molecule has 0 bridgehead atoms. The Bertz CT molecular complexity index is 865. The van der Waals surface area contributed by atoms with E-state index in [0.717, 1.165) is 0 Å².